The summed E-state index contributed by atoms with van der Waals surface area (Å²) in [6, 6.07) is 0.872. The molecule has 2 saturated heterocycles. The first-order valence-electron chi connectivity index (χ1n) is 11.3. The highest BCUT2D eigenvalue weighted by Crippen LogP contribution is 2.29. The molecule has 5 rings (SSSR count). The van der Waals surface area contributed by atoms with Crippen LogP contribution in [0.4, 0.5) is 10.2 Å². The van der Waals surface area contributed by atoms with E-state index in [1.54, 1.807) is 4.90 Å². The van der Waals surface area contributed by atoms with Gasteiger partial charge in [-0.1, -0.05) is 0 Å². The predicted molar refractivity (Wildman–Crippen MR) is 125 cm³/mol. The largest absolute Gasteiger partial charge is 0.477 e. The Morgan fingerprint density at radius 3 is 2.80 bits per heavy atom. The molecule has 2 fully saturated rings. The lowest BCUT2D eigenvalue weighted by Crippen LogP contribution is -2.57. The molecule has 3 aromatic heterocycles. The Morgan fingerprint density at radius 1 is 1.34 bits per heavy atom. The van der Waals surface area contributed by atoms with Gasteiger partial charge in [-0.2, -0.15) is 4.37 Å². The van der Waals surface area contributed by atoms with Crippen molar-refractivity contribution in [3.8, 4) is 5.13 Å². The summed E-state index contributed by atoms with van der Waals surface area (Å²) in [5.74, 6) is -2.70. The molecule has 0 aliphatic carbocycles. The molecule has 35 heavy (non-hydrogen) atoms. The van der Waals surface area contributed by atoms with Crippen molar-refractivity contribution < 1.29 is 23.8 Å². The minimum Gasteiger partial charge on any atom is -0.477 e. The number of halogens is 1. The number of carboxylic acid groups (broad SMARTS) is 1. The lowest BCUT2D eigenvalue weighted by Gasteiger charge is -2.40. The van der Waals surface area contributed by atoms with Crippen molar-refractivity contribution in [2.24, 2.45) is 5.92 Å². The number of hydrogen-bond acceptors (Lipinski definition) is 9. The Kier molecular flexibility index (Phi) is 6.19. The van der Waals surface area contributed by atoms with Crippen LogP contribution in [0.1, 0.15) is 36.5 Å². The van der Waals surface area contributed by atoms with Crippen LogP contribution in [0.15, 0.2) is 23.4 Å². The van der Waals surface area contributed by atoms with E-state index < -0.39 is 22.8 Å². The molecule has 2 aliphatic rings. The minimum absolute atomic E-state index is 0.00347. The third-order valence-corrected chi connectivity index (χ3v) is 7.06. The van der Waals surface area contributed by atoms with E-state index >= 15 is 4.39 Å². The van der Waals surface area contributed by atoms with Gasteiger partial charge in [-0.25, -0.2) is 19.2 Å². The number of rotatable bonds is 6. The van der Waals surface area contributed by atoms with E-state index in [2.05, 4.69) is 19.7 Å². The predicted octanol–water partition coefficient (Wildman–Crippen LogP) is 1.58. The number of anilines is 1. The van der Waals surface area contributed by atoms with E-state index in [4.69, 9.17) is 4.74 Å². The molecule has 2 atom stereocenters. The molecule has 3 aromatic rings. The fourth-order valence-corrected chi connectivity index (χ4v) is 4.93. The van der Waals surface area contributed by atoms with Crippen LogP contribution in [0.5, 0.6) is 0 Å². The number of carboxylic acids is 1. The molecule has 13 heteroatoms. The summed E-state index contributed by atoms with van der Waals surface area (Å²) >= 11 is 0.973. The van der Waals surface area contributed by atoms with Gasteiger partial charge in [-0.15, -0.1) is 0 Å². The van der Waals surface area contributed by atoms with Crippen molar-refractivity contribution in [3.63, 3.8) is 0 Å². The van der Waals surface area contributed by atoms with Gasteiger partial charge < -0.3 is 20.1 Å². The monoisotopic (exact) mass is 502 g/mol. The summed E-state index contributed by atoms with van der Waals surface area (Å²) in [7, 11) is 0. The van der Waals surface area contributed by atoms with Crippen LogP contribution >= 0.6 is 11.5 Å². The highest BCUT2D eigenvalue weighted by molar-refractivity contribution is 7.08. The average molecular weight is 503 g/mol. The number of carbonyl (C=O) groups excluding carboxylic acids is 1. The van der Waals surface area contributed by atoms with Crippen LogP contribution in [-0.4, -0.2) is 67.7 Å². The summed E-state index contributed by atoms with van der Waals surface area (Å²) in [6.45, 7) is 3.14. The summed E-state index contributed by atoms with van der Waals surface area (Å²) in [4.78, 5) is 47.0. The van der Waals surface area contributed by atoms with Gasteiger partial charge in [0.2, 0.25) is 16.5 Å². The number of aromatic carboxylic acids is 1. The lowest BCUT2D eigenvalue weighted by atomic mass is 9.97. The maximum absolute atomic E-state index is 15.0. The van der Waals surface area contributed by atoms with E-state index in [0.29, 0.717) is 6.61 Å². The van der Waals surface area contributed by atoms with Crippen molar-refractivity contribution in [2.75, 3.05) is 24.6 Å². The molecular weight excluding hydrogens is 479 g/mol. The van der Waals surface area contributed by atoms with Crippen LogP contribution in [0, 0.1) is 11.7 Å². The second-order valence-corrected chi connectivity index (χ2v) is 9.50. The fraction of sp³-hybridized carbons (Fsp3) is 0.455. The highest BCUT2D eigenvalue weighted by Gasteiger charge is 2.37. The van der Waals surface area contributed by atoms with Gasteiger partial charge in [0.05, 0.1) is 23.4 Å². The summed E-state index contributed by atoms with van der Waals surface area (Å²) < 4.78 is 26.0. The molecule has 1 unspecified atom stereocenters. The molecular formula is C22H23FN6O5S. The average Bonchev–Trinajstić information content (AvgIpc) is 3.34. The molecule has 0 aromatic carbocycles. The SMILES string of the molecule is C[C@H](NC(=O)C1CN(c2nc3c(cc2F)c(=O)c(C(=O)O)cn3-c2ncns2)C1)C1CCCCO1. The first-order chi connectivity index (χ1) is 16.8. The lowest BCUT2D eigenvalue weighted by molar-refractivity contribution is -0.128. The third-order valence-electron chi connectivity index (χ3n) is 6.39. The van der Waals surface area contributed by atoms with Crippen molar-refractivity contribution in [2.45, 2.75) is 38.3 Å². The van der Waals surface area contributed by atoms with E-state index in [9.17, 15) is 19.5 Å². The van der Waals surface area contributed by atoms with E-state index in [1.807, 2.05) is 6.92 Å². The molecule has 184 valence electrons. The van der Waals surface area contributed by atoms with Gasteiger partial charge >= 0.3 is 5.97 Å². The van der Waals surface area contributed by atoms with Crippen molar-refractivity contribution >= 4 is 40.3 Å². The number of ether oxygens (including phenoxy) is 1. The standard InChI is InChI=1S/C22H23FN6O5S/c1-11(16-4-2-3-5-34-16)26-20(31)12-7-28(8-12)19-15(23)6-13-17(30)14(21(32)33)9-29(18(13)27-19)22-24-10-25-35-22/h6,9-12,16H,2-5,7-8H2,1H3,(H,26,31)(H,32,33)/t11-,16?/m0/s1. The number of fused-ring (bicyclic) bond motifs is 1. The zero-order chi connectivity index (χ0) is 24.7. The van der Waals surface area contributed by atoms with Crippen molar-refractivity contribution in [1.29, 1.82) is 0 Å². The number of pyridine rings is 2. The van der Waals surface area contributed by atoms with Crippen LogP contribution < -0.4 is 15.6 Å². The fourth-order valence-electron chi connectivity index (χ4n) is 4.42. The maximum atomic E-state index is 15.0. The molecule has 0 saturated carbocycles. The van der Waals surface area contributed by atoms with Gasteiger partial charge in [-0.05, 0) is 32.3 Å². The number of carbonyl (C=O) groups is 2. The molecule has 1 amide bonds. The molecule has 0 spiro atoms. The smallest absolute Gasteiger partial charge is 0.341 e. The van der Waals surface area contributed by atoms with Crippen LogP contribution in [0.3, 0.4) is 0 Å². The van der Waals surface area contributed by atoms with Gasteiger partial charge in [0, 0.05) is 37.4 Å². The molecule has 5 heterocycles. The third kappa shape index (κ3) is 4.36. The number of hydrogen-bond donors (Lipinski definition) is 2. The Labute approximate surface area is 202 Å². The van der Waals surface area contributed by atoms with Crippen LogP contribution in [0.25, 0.3) is 16.2 Å². The topological polar surface area (TPSA) is 140 Å². The zero-order valence-corrected chi connectivity index (χ0v) is 19.6. The summed E-state index contributed by atoms with van der Waals surface area (Å²) in [6.07, 6.45) is 5.41. The minimum atomic E-state index is -1.44. The second kappa shape index (κ2) is 9.30. The summed E-state index contributed by atoms with van der Waals surface area (Å²) in [5.41, 5.74) is -1.31. The first kappa shape index (κ1) is 23.3. The summed E-state index contributed by atoms with van der Waals surface area (Å²) in [5, 5.41) is 12.5. The number of aromatic nitrogens is 4. The molecule has 0 bridgehead atoms. The van der Waals surface area contributed by atoms with Gasteiger partial charge in [0.1, 0.15) is 11.9 Å². The Morgan fingerprint density at radius 2 is 2.14 bits per heavy atom. The second-order valence-electron chi connectivity index (χ2n) is 8.74. The van der Waals surface area contributed by atoms with Crippen LogP contribution in [-0.2, 0) is 9.53 Å². The molecule has 2 aliphatic heterocycles. The van der Waals surface area contributed by atoms with Gasteiger partial charge in [-0.3, -0.25) is 14.2 Å². The van der Waals surface area contributed by atoms with Gasteiger partial charge in [0.25, 0.3) is 0 Å². The van der Waals surface area contributed by atoms with Crippen LogP contribution in [0.2, 0.25) is 0 Å². The van der Waals surface area contributed by atoms with E-state index in [1.165, 1.54) is 10.9 Å². The molecule has 2 N–H and O–H groups in total. The van der Waals surface area contributed by atoms with E-state index in [0.717, 1.165) is 43.1 Å². The van der Waals surface area contributed by atoms with E-state index in [-0.39, 0.29) is 59.0 Å². The molecule has 11 nitrogen and oxygen atoms in total. The molecule has 0 radical (unpaired) electrons. The zero-order valence-electron chi connectivity index (χ0n) is 18.8. The Balaban J connectivity index is 1.39. The van der Waals surface area contributed by atoms with Crippen molar-refractivity contribution in [1.82, 2.24) is 24.2 Å². The highest BCUT2D eigenvalue weighted by atomic mass is 32.1. The number of amides is 1. The Hall–Kier alpha value is -3.45. The quantitative estimate of drug-likeness (QED) is 0.514. The first-order valence-corrected chi connectivity index (χ1v) is 12.0. The normalized spacial score (nSPS) is 19.4. The van der Waals surface area contributed by atoms with Crippen molar-refractivity contribution in [3.05, 3.63) is 40.2 Å². The Bertz CT molecular complexity index is 1330. The number of nitrogens with one attached hydrogen (secondary N) is 1. The number of nitrogens with zero attached hydrogens (tertiary/aromatic N) is 5. The van der Waals surface area contributed by atoms with Gasteiger partial charge in [0.15, 0.2) is 17.3 Å². The maximum Gasteiger partial charge on any atom is 0.341 e.